The fourth-order valence-electron chi connectivity index (χ4n) is 3.54. The van der Waals surface area contributed by atoms with Gasteiger partial charge in [-0.3, -0.25) is 14.7 Å². The monoisotopic (exact) mass is 348 g/mol. The highest BCUT2D eigenvalue weighted by atomic mass is 16.2. The molecule has 2 heterocycles. The van der Waals surface area contributed by atoms with Crippen molar-refractivity contribution in [1.82, 2.24) is 20.0 Å². The van der Waals surface area contributed by atoms with Gasteiger partial charge in [0.25, 0.3) is 5.91 Å². The van der Waals surface area contributed by atoms with Crippen molar-refractivity contribution in [1.29, 1.82) is 0 Å². The van der Waals surface area contributed by atoms with Gasteiger partial charge in [-0.2, -0.15) is 5.10 Å². The van der Waals surface area contributed by atoms with Gasteiger partial charge < -0.3 is 9.80 Å². The van der Waals surface area contributed by atoms with Gasteiger partial charge >= 0.3 is 0 Å². The molecule has 1 atom stereocenters. The predicted molar refractivity (Wildman–Crippen MR) is 98.6 cm³/mol. The summed E-state index contributed by atoms with van der Waals surface area (Å²) in [6.45, 7) is 3.08. The van der Waals surface area contributed by atoms with Gasteiger partial charge in [-0.25, -0.2) is 0 Å². The van der Waals surface area contributed by atoms with Crippen LogP contribution in [-0.2, 0) is 4.79 Å². The van der Waals surface area contributed by atoms with Crippen LogP contribution in [0.25, 0.3) is 10.9 Å². The summed E-state index contributed by atoms with van der Waals surface area (Å²) in [4.78, 5) is 28.8. The first-order chi connectivity index (χ1) is 12.6. The average Bonchev–Trinajstić information content (AvgIpc) is 3.12. The molecule has 1 fully saturated rings. The van der Waals surface area contributed by atoms with Crippen molar-refractivity contribution in [2.75, 3.05) is 19.6 Å². The van der Waals surface area contributed by atoms with Gasteiger partial charge in [0.1, 0.15) is 0 Å². The SMILES string of the molecule is CC(=O)N1CCN(C(=O)c2n[nH]c3ccccc23)[C@@H](c2ccccc2)C1. The smallest absolute Gasteiger partial charge is 0.275 e. The molecule has 2 aromatic carbocycles. The Kier molecular flexibility index (Phi) is 4.16. The lowest BCUT2D eigenvalue weighted by atomic mass is 10.0. The molecule has 0 aliphatic carbocycles. The fourth-order valence-corrected chi connectivity index (χ4v) is 3.54. The largest absolute Gasteiger partial charge is 0.339 e. The van der Waals surface area contributed by atoms with E-state index in [0.717, 1.165) is 16.5 Å². The summed E-state index contributed by atoms with van der Waals surface area (Å²) in [6.07, 6.45) is 0. The zero-order valence-corrected chi connectivity index (χ0v) is 14.6. The third-order valence-electron chi connectivity index (χ3n) is 4.94. The number of para-hydroxylation sites is 1. The maximum absolute atomic E-state index is 13.3. The van der Waals surface area contributed by atoms with E-state index >= 15 is 0 Å². The second kappa shape index (κ2) is 6.63. The highest BCUT2D eigenvalue weighted by Crippen LogP contribution is 2.28. The number of piperazine rings is 1. The number of hydrogen-bond acceptors (Lipinski definition) is 3. The number of aromatic amines is 1. The molecule has 1 aliphatic heterocycles. The molecule has 0 unspecified atom stereocenters. The summed E-state index contributed by atoms with van der Waals surface area (Å²) in [5.74, 6) is -0.0808. The summed E-state index contributed by atoms with van der Waals surface area (Å²) >= 11 is 0. The lowest BCUT2D eigenvalue weighted by molar-refractivity contribution is -0.131. The second-order valence-electron chi connectivity index (χ2n) is 6.51. The molecule has 4 rings (SSSR count). The van der Waals surface area contributed by atoms with Gasteiger partial charge in [0.15, 0.2) is 5.69 Å². The first kappa shape index (κ1) is 16.3. The number of rotatable bonds is 2. The summed E-state index contributed by atoms with van der Waals surface area (Å²) < 4.78 is 0. The molecule has 1 aromatic heterocycles. The molecule has 6 nitrogen and oxygen atoms in total. The van der Waals surface area contributed by atoms with Crippen molar-refractivity contribution in [3.63, 3.8) is 0 Å². The van der Waals surface area contributed by atoms with E-state index in [1.165, 1.54) is 0 Å². The van der Waals surface area contributed by atoms with Crippen LogP contribution in [0.15, 0.2) is 54.6 Å². The van der Waals surface area contributed by atoms with E-state index in [1.54, 1.807) is 11.8 Å². The Morgan fingerprint density at radius 3 is 2.54 bits per heavy atom. The summed E-state index contributed by atoms with van der Waals surface area (Å²) in [6, 6.07) is 17.3. The number of fused-ring (bicyclic) bond motifs is 1. The lowest BCUT2D eigenvalue weighted by Gasteiger charge is -2.41. The minimum absolute atomic E-state index is 0.0308. The standard InChI is InChI=1S/C20H20N4O2/c1-14(25)23-11-12-24(18(13-23)15-7-3-2-4-8-15)20(26)19-16-9-5-6-10-17(16)21-22-19/h2-10,18H,11-13H2,1H3,(H,21,22)/t18-/m1/s1. The van der Waals surface area contributed by atoms with Crippen LogP contribution in [0.5, 0.6) is 0 Å². The van der Waals surface area contributed by atoms with Crippen LogP contribution in [0.3, 0.4) is 0 Å². The number of hydrogen-bond donors (Lipinski definition) is 1. The molecule has 3 aromatic rings. The molecule has 132 valence electrons. The zero-order valence-electron chi connectivity index (χ0n) is 14.6. The lowest BCUT2D eigenvalue weighted by Crippen LogP contribution is -2.52. The predicted octanol–water partition coefficient (Wildman–Crippen LogP) is 2.61. The fraction of sp³-hybridized carbons (Fsp3) is 0.250. The molecule has 1 saturated heterocycles. The molecule has 2 amide bonds. The van der Waals surface area contributed by atoms with Gasteiger partial charge in [-0.1, -0.05) is 48.5 Å². The number of carbonyl (C=O) groups is 2. The van der Waals surface area contributed by atoms with Crippen molar-refractivity contribution in [2.24, 2.45) is 0 Å². The summed E-state index contributed by atoms with van der Waals surface area (Å²) in [7, 11) is 0. The van der Waals surface area contributed by atoms with Gasteiger partial charge in [0, 0.05) is 31.9 Å². The van der Waals surface area contributed by atoms with E-state index in [1.807, 2.05) is 59.5 Å². The van der Waals surface area contributed by atoms with Crippen LogP contribution >= 0.6 is 0 Å². The third kappa shape index (κ3) is 2.83. The maximum Gasteiger partial charge on any atom is 0.275 e. The summed E-state index contributed by atoms with van der Waals surface area (Å²) in [5, 5.41) is 8.00. The van der Waals surface area contributed by atoms with E-state index in [-0.39, 0.29) is 17.9 Å². The molecule has 1 N–H and O–H groups in total. The molecular formula is C20H20N4O2. The average molecular weight is 348 g/mol. The van der Waals surface area contributed by atoms with Crippen molar-refractivity contribution < 1.29 is 9.59 Å². The molecular weight excluding hydrogens is 328 g/mol. The first-order valence-corrected chi connectivity index (χ1v) is 8.69. The summed E-state index contributed by atoms with van der Waals surface area (Å²) in [5.41, 5.74) is 2.29. The molecule has 0 bridgehead atoms. The number of amides is 2. The Balaban J connectivity index is 1.71. The Labute approximate surface area is 151 Å². The van der Waals surface area contributed by atoms with Crippen LogP contribution in [0.1, 0.15) is 29.0 Å². The molecule has 26 heavy (non-hydrogen) atoms. The highest BCUT2D eigenvalue weighted by Gasteiger charge is 2.34. The van der Waals surface area contributed by atoms with E-state index in [4.69, 9.17) is 0 Å². The topological polar surface area (TPSA) is 69.3 Å². The van der Waals surface area contributed by atoms with Gasteiger partial charge in [0.2, 0.25) is 5.91 Å². The molecule has 0 radical (unpaired) electrons. The van der Waals surface area contributed by atoms with Crippen LogP contribution in [0, 0.1) is 0 Å². The number of carbonyl (C=O) groups excluding carboxylic acids is 2. The van der Waals surface area contributed by atoms with E-state index < -0.39 is 0 Å². The second-order valence-corrected chi connectivity index (χ2v) is 6.51. The Bertz CT molecular complexity index is 951. The van der Waals surface area contributed by atoms with E-state index in [2.05, 4.69) is 10.2 Å². The van der Waals surface area contributed by atoms with E-state index in [9.17, 15) is 9.59 Å². The van der Waals surface area contributed by atoms with Crippen LogP contribution in [0.4, 0.5) is 0 Å². The molecule has 0 saturated carbocycles. The van der Waals surface area contributed by atoms with Gasteiger partial charge in [0.05, 0.1) is 11.6 Å². The number of benzene rings is 2. The quantitative estimate of drug-likeness (QED) is 0.774. The van der Waals surface area contributed by atoms with Gasteiger partial charge in [-0.15, -0.1) is 0 Å². The Morgan fingerprint density at radius 2 is 1.77 bits per heavy atom. The van der Waals surface area contributed by atoms with Crippen molar-refractivity contribution in [2.45, 2.75) is 13.0 Å². The minimum atomic E-state index is -0.184. The number of H-pyrrole nitrogens is 1. The zero-order chi connectivity index (χ0) is 18.1. The molecule has 6 heteroatoms. The normalized spacial score (nSPS) is 17.5. The van der Waals surface area contributed by atoms with Crippen molar-refractivity contribution in [3.05, 3.63) is 65.9 Å². The van der Waals surface area contributed by atoms with Crippen molar-refractivity contribution >= 4 is 22.7 Å². The Hall–Kier alpha value is -3.15. The molecule has 0 spiro atoms. The first-order valence-electron chi connectivity index (χ1n) is 8.69. The minimum Gasteiger partial charge on any atom is -0.339 e. The Morgan fingerprint density at radius 1 is 1.04 bits per heavy atom. The van der Waals surface area contributed by atoms with Crippen molar-refractivity contribution in [3.8, 4) is 0 Å². The number of nitrogens with one attached hydrogen (secondary N) is 1. The number of nitrogens with zero attached hydrogens (tertiary/aromatic N) is 3. The van der Waals surface area contributed by atoms with Crippen LogP contribution < -0.4 is 0 Å². The molecule has 1 aliphatic rings. The van der Waals surface area contributed by atoms with Crippen LogP contribution in [0.2, 0.25) is 0 Å². The van der Waals surface area contributed by atoms with E-state index in [0.29, 0.717) is 25.3 Å². The third-order valence-corrected chi connectivity index (χ3v) is 4.94. The maximum atomic E-state index is 13.3. The van der Waals surface area contributed by atoms with Crippen LogP contribution in [-0.4, -0.2) is 51.4 Å². The number of aromatic nitrogens is 2. The van der Waals surface area contributed by atoms with Gasteiger partial charge in [-0.05, 0) is 11.6 Å². The highest BCUT2D eigenvalue weighted by molar-refractivity contribution is 6.04.